The van der Waals surface area contributed by atoms with E-state index < -0.39 is 37.3 Å². The maximum Gasteiger partial charge on any atom is 0.229 e. The van der Waals surface area contributed by atoms with E-state index in [2.05, 4.69) is 0 Å². The SMILES string of the molecule is COc1cc(CO)cc(OC)c1O[C@H]1O[C@H](CO)[C@@H](O)[C@H](O)[C@H]1O. The second kappa shape index (κ2) is 7.97. The second-order valence-corrected chi connectivity index (χ2v) is 5.30. The van der Waals surface area contributed by atoms with Gasteiger partial charge in [-0.1, -0.05) is 0 Å². The zero-order valence-electron chi connectivity index (χ0n) is 13.3. The second-order valence-electron chi connectivity index (χ2n) is 5.30. The molecule has 1 aliphatic heterocycles. The minimum Gasteiger partial charge on any atom is -0.493 e. The molecule has 5 atom stereocenters. The van der Waals surface area contributed by atoms with Crippen molar-refractivity contribution in [2.45, 2.75) is 37.3 Å². The van der Waals surface area contributed by atoms with Crippen molar-refractivity contribution in [3.8, 4) is 17.2 Å². The molecular weight excluding hydrogens is 324 g/mol. The standard InChI is InChI=1S/C15H22O9/c1-21-8-3-7(5-16)4-9(22-2)14(8)24-15-13(20)12(19)11(18)10(6-17)23-15/h3-4,10-13,15-20H,5-6H2,1-2H3/t10-,11-,12+,13-,15-/m1/s1. The summed E-state index contributed by atoms with van der Waals surface area (Å²) in [6.07, 6.45) is -7.07. The Bertz CT molecular complexity index is 523. The van der Waals surface area contributed by atoms with Crippen molar-refractivity contribution in [1.82, 2.24) is 0 Å². The molecule has 5 N–H and O–H groups in total. The van der Waals surface area contributed by atoms with Crippen LogP contribution in [0.15, 0.2) is 12.1 Å². The van der Waals surface area contributed by atoms with Crippen molar-refractivity contribution in [2.24, 2.45) is 0 Å². The third kappa shape index (κ3) is 3.56. The molecule has 0 amide bonds. The van der Waals surface area contributed by atoms with E-state index in [9.17, 15) is 25.5 Å². The van der Waals surface area contributed by atoms with Crippen molar-refractivity contribution in [3.05, 3.63) is 17.7 Å². The first-order valence-corrected chi connectivity index (χ1v) is 7.29. The lowest BCUT2D eigenvalue weighted by Gasteiger charge is -2.39. The van der Waals surface area contributed by atoms with Crippen LogP contribution in [-0.4, -0.2) is 77.1 Å². The van der Waals surface area contributed by atoms with Crippen LogP contribution in [0.4, 0.5) is 0 Å². The molecule has 2 rings (SSSR count). The Morgan fingerprint density at radius 1 is 0.958 bits per heavy atom. The lowest BCUT2D eigenvalue weighted by molar-refractivity contribution is -0.277. The molecule has 0 bridgehead atoms. The third-order valence-corrected chi connectivity index (χ3v) is 3.79. The molecule has 136 valence electrons. The zero-order chi connectivity index (χ0) is 17.9. The van der Waals surface area contributed by atoms with Gasteiger partial charge < -0.3 is 44.5 Å². The van der Waals surface area contributed by atoms with E-state index in [1.54, 1.807) is 0 Å². The highest BCUT2D eigenvalue weighted by molar-refractivity contribution is 5.53. The van der Waals surface area contributed by atoms with E-state index in [-0.39, 0.29) is 23.9 Å². The number of benzene rings is 1. The minimum absolute atomic E-state index is 0.0847. The van der Waals surface area contributed by atoms with Gasteiger partial charge in [0, 0.05) is 0 Å². The van der Waals surface area contributed by atoms with E-state index >= 15 is 0 Å². The molecule has 0 unspecified atom stereocenters. The highest BCUT2D eigenvalue weighted by Crippen LogP contribution is 2.40. The maximum absolute atomic E-state index is 10.0. The first kappa shape index (κ1) is 18.7. The molecule has 1 saturated heterocycles. The third-order valence-electron chi connectivity index (χ3n) is 3.79. The van der Waals surface area contributed by atoms with Gasteiger partial charge in [0.25, 0.3) is 0 Å². The van der Waals surface area contributed by atoms with Crippen LogP contribution in [0.3, 0.4) is 0 Å². The Morgan fingerprint density at radius 2 is 1.54 bits per heavy atom. The fourth-order valence-corrected chi connectivity index (χ4v) is 2.42. The number of hydrogen-bond acceptors (Lipinski definition) is 9. The molecule has 24 heavy (non-hydrogen) atoms. The van der Waals surface area contributed by atoms with E-state index in [0.29, 0.717) is 5.56 Å². The molecule has 1 aliphatic rings. The van der Waals surface area contributed by atoms with Gasteiger partial charge in [-0.05, 0) is 17.7 Å². The van der Waals surface area contributed by atoms with Crippen molar-refractivity contribution < 1.29 is 44.5 Å². The molecule has 0 radical (unpaired) electrons. The highest BCUT2D eigenvalue weighted by Gasteiger charge is 2.45. The van der Waals surface area contributed by atoms with Crippen LogP contribution in [0.25, 0.3) is 0 Å². The fraction of sp³-hybridized carbons (Fsp3) is 0.600. The van der Waals surface area contributed by atoms with Gasteiger partial charge in [-0.25, -0.2) is 0 Å². The first-order chi connectivity index (χ1) is 11.5. The summed E-state index contributed by atoms with van der Waals surface area (Å²) in [5, 5.41) is 48.1. The smallest absolute Gasteiger partial charge is 0.229 e. The van der Waals surface area contributed by atoms with Gasteiger partial charge in [0.05, 0.1) is 27.4 Å². The Kier molecular flexibility index (Phi) is 6.21. The molecule has 1 aromatic carbocycles. The Balaban J connectivity index is 2.32. The summed E-state index contributed by atoms with van der Waals surface area (Å²) in [7, 11) is 2.77. The summed E-state index contributed by atoms with van der Waals surface area (Å²) < 4.78 is 21.3. The largest absolute Gasteiger partial charge is 0.493 e. The Morgan fingerprint density at radius 3 is 2.00 bits per heavy atom. The van der Waals surface area contributed by atoms with Crippen LogP contribution >= 0.6 is 0 Å². The zero-order valence-corrected chi connectivity index (χ0v) is 13.3. The Labute approximate surface area is 138 Å². The predicted molar refractivity (Wildman–Crippen MR) is 79.9 cm³/mol. The van der Waals surface area contributed by atoms with E-state index in [0.717, 1.165) is 0 Å². The van der Waals surface area contributed by atoms with Crippen molar-refractivity contribution in [1.29, 1.82) is 0 Å². The Hall–Kier alpha value is -1.62. The average molecular weight is 346 g/mol. The van der Waals surface area contributed by atoms with Gasteiger partial charge in [0.1, 0.15) is 24.4 Å². The molecule has 1 heterocycles. The van der Waals surface area contributed by atoms with Crippen molar-refractivity contribution in [2.75, 3.05) is 20.8 Å². The molecule has 9 heteroatoms. The molecule has 0 aliphatic carbocycles. The molecule has 1 fully saturated rings. The highest BCUT2D eigenvalue weighted by atomic mass is 16.7. The topological polar surface area (TPSA) is 138 Å². The van der Waals surface area contributed by atoms with Crippen LogP contribution in [0.5, 0.6) is 17.2 Å². The lowest BCUT2D eigenvalue weighted by atomic mass is 9.99. The molecule has 9 nitrogen and oxygen atoms in total. The van der Waals surface area contributed by atoms with Gasteiger partial charge in [-0.2, -0.15) is 0 Å². The number of aliphatic hydroxyl groups excluding tert-OH is 5. The molecular formula is C15H22O9. The van der Waals surface area contributed by atoms with Crippen molar-refractivity contribution >= 4 is 0 Å². The predicted octanol–water partition coefficient (Wildman–Crippen LogP) is -1.63. The van der Waals surface area contributed by atoms with Gasteiger partial charge >= 0.3 is 0 Å². The lowest BCUT2D eigenvalue weighted by Crippen LogP contribution is -2.60. The van der Waals surface area contributed by atoms with Crippen LogP contribution in [0.2, 0.25) is 0 Å². The number of ether oxygens (including phenoxy) is 4. The summed E-state index contributed by atoms with van der Waals surface area (Å²) in [6, 6.07) is 3.03. The number of aliphatic hydroxyl groups is 5. The fourth-order valence-electron chi connectivity index (χ4n) is 2.42. The summed E-state index contributed by atoms with van der Waals surface area (Å²) in [6.45, 7) is -0.810. The van der Waals surface area contributed by atoms with Gasteiger partial charge in [-0.15, -0.1) is 0 Å². The minimum atomic E-state index is -1.56. The number of rotatable bonds is 6. The first-order valence-electron chi connectivity index (χ1n) is 7.29. The summed E-state index contributed by atoms with van der Waals surface area (Å²) >= 11 is 0. The van der Waals surface area contributed by atoms with Crippen LogP contribution < -0.4 is 14.2 Å². The van der Waals surface area contributed by atoms with Crippen molar-refractivity contribution in [3.63, 3.8) is 0 Å². The molecule has 0 aromatic heterocycles. The summed E-state index contributed by atoms with van der Waals surface area (Å²) in [4.78, 5) is 0. The quantitative estimate of drug-likeness (QED) is 0.411. The van der Waals surface area contributed by atoms with Gasteiger partial charge in [0.15, 0.2) is 11.5 Å². The van der Waals surface area contributed by atoms with Gasteiger partial charge in [-0.3, -0.25) is 0 Å². The van der Waals surface area contributed by atoms with Gasteiger partial charge in [0.2, 0.25) is 12.0 Å². The van der Waals surface area contributed by atoms with E-state index in [1.807, 2.05) is 0 Å². The molecule has 0 saturated carbocycles. The normalized spacial score (nSPS) is 30.0. The van der Waals surface area contributed by atoms with Crippen LogP contribution in [0.1, 0.15) is 5.56 Å². The number of hydrogen-bond donors (Lipinski definition) is 5. The summed E-state index contributed by atoms with van der Waals surface area (Å²) in [5.41, 5.74) is 0.518. The van der Waals surface area contributed by atoms with E-state index in [4.69, 9.17) is 18.9 Å². The monoisotopic (exact) mass is 346 g/mol. The maximum atomic E-state index is 10.0. The van der Waals surface area contributed by atoms with Crippen LogP contribution in [-0.2, 0) is 11.3 Å². The van der Waals surface area contributed by atoms with Crippen LogP contribution in [0, 0.1) is 0 Å². The number of methoxy groups -OCH3 is 2. The molecule has 1 aromatic rings. The molecule has 0 spiro atoms. The van der Waals surface area contributed by atoms with E-state index in [1.165, 1.54) is 26.4 Å². The average Bonchev–Trinajstić information content (AvgIpc) is 2.61. The summed E-state index contributed by atoms with van der Waals surface area (Å²) in [5.74, 6) is 0.521.